The van der Waals surface area contributed by atoms with E-state index in [9.17, 15) is 4.79 Å². The Kier molecular flexibility index (Phi) is 4.83. The van der Waals surface area contributed by atoms with Crippen LogP contribution in [0.15, 0.2) is 55.1 Å². The molecule has 1 heterocycles. The van der Waals surface area contributed by atoms with Crippen molar-refractivity contribution >= 4 is 29.1 Å². The lowest BCUT2D eigenvalue weighted by Gasteiger charge is -2.16. The van der Waals surface area contributed by atoms with Crippen molar-refractivity contribution in [2.24, 2.45) is 0 Å². The summed E-state index contributed by atoms with van der Waals surface area (Å²) >= 11 is 12.1. The Morgan fingerprint density at radius 2 is 1.92 bits per heavy atom. The molecule has 1 amide bonds. The number of carbonyl (C=O) groups excluding carboxylic acids is 1. The quantitative estimate of drug-likeness (QED) is 0.762. The highest BCUT2D eigenvalue weighted by Crippen LogP contribution is 2.26. The van der Waals surface area contributed by atoms with E-state index in [1.807, 2.05) is 25.1 Å². The van der Waals surface area contributed by atoms with E-state index in [0.29, 0.717) is 15.6 Å². The van der Waals surface area contributed by atoms with Crippen molar-refractivity contribution in [3.63, 3.8) is 0 Å². The Hall–Kier alpha value is -2.37. The number of nitrogens with zero attached hydrogens (tertiary/aromatic N) is 3. The first kappa shape index (κ1) is 16.5. The van der Waals surface area contributed by atoms with E-state index in [1.54, 1.807) is 35.3 Å². The molecule has 1 N–H and O–H groups in total. The van der Waals surface area contributed by atoms with Crippen molar-refractivity contribution in [1.29, 1.82) is 0 Å². The minimum atomic E-state index is -0.239. The van der Waals surface area contributed by atoms with Crippen LogP contribution >= 0.6 is 23.2 Å². The number of aromatic nitrogens is 3. The zero-order valence-electron chi connectivity index (χ0n) is 12.8. The number of halogens is 2. The molecule has 0 saturated carbocycles. The predicted molar refractivity (Wildman–Crippen MR) is 93.7 cm³/mol. The number of hydrogen-bond donors (Lipinski definition) is 1. The van der Waals surface area contributed by atoms with Gasteiger partial charge in [-0.25, -0.2) is 9.67 Å². The van der Waals surface area contributed by atoms with Crippen LogP contribution in [-0.4, -0.2) is 20.7 Å². The maximum atomic E-state index is 12.4. The molecule has 1 atom stereocenters. The fraction of sp³-hybridized carbons (Fsp3) is 0.118. The van der Waals surface area contributed by atoms with Gasteiger partial charge < -0.3 is 5.32 Å². The number of nitrogens with one attached hydrogen (secondary N) is 1. The maximum Gasteiger partial charge on any atom is 0.251 e. The molecule has 0 aliphatic rings. The summed E-state index contributed by atoms with van der Waals surface area (Å²) in [5.74, 6) is -0.182. The zero-order chi connectivity index (χ0) is 17.1. The largest absolute Gasteiger partial charge is 0.345 e. The van der Waals surface area contributed by atoms with E-state index in [4.69, 9.17) is 23.2 Å². The van der Waals surface area contributed by atoms with Crippen LogP contribution in [0.4, 0.5) is 0 Å². The maximum absolute atomic E-state index is 12.4. The molecule has 3 rings (SSSR count). The van der Waals surface area contributed by atoms with Crippen molar-refractivity contribution in [2.45, 2.75) is 13.0 Å². The second-order valence-corrected chi connectivity index (χ2v) is 6.09. The summed E-state index contributed by atoms with van der Waals surface area (Å²) < 4.78 is 1.62. The van der Waals surface area contributed by atoms with E-state index in [0.717, 1.165) is 11.3 Å². The van der Waals surface area contributed by atoms with Gasteiger partial charge in [-0.05, 0) is 48.9 Å². The van der Waals surface area contributed by atoms with Gasteiger partial charge in [0.25, 0.3) is 5.91 Å². The summed E-state index contributed by atoms with van der Waals surface area (Å²) in [6.07, 6.45) is 3.05. The van der Waals surface area contributed by atoms with Crippen molar-refractivity contribution in [3.05, 3.63) is 76.3 Å². The first-order valence-corrected chi connectivity index (χ1v) is 8.01. The first-order valence-electron chi connectivity index (χ1n) is 7.25. The summed E-state index contributed by atoms with van der Waals surface area (Å²) in [6.45, 7) is 1.87. The van der Waals surface area contributed by atoms with Gasteiger partial charge in [0.2, 0.25) is 0 Å². The van der Waals surface area contributed by atoms with Crippen LogP contribution in [0, 0.1) is 0 Å². The van der Waals surface area contributed by atoms with Crippen molar-refractivity contribution in [3.8, 4) is 5.69 Å². The Balaban J connectivity index is 1.72. The second kappa shape index (κ2) is 7.03. The molecule has 1 unspecified atom stereocenters. The van der Waals surface area contributed by atoms with E-state index >= 15 is 0 Å². The average molecular weight is 361 g/mol. The standard InChI is InChI=1S/C17H14Cl2N4O/c1-11(15-7-4-13(18)8-16(15)19)22-17(24)12-2-5-14(6-3-12)23-10-20-9-21-23/h2-11H,1H3,(H,22,24). The van der Waals surface area contributed by atoms with Gasteiger partial charge >= 0.3 is 0 Å². The van der Waals surface area contributed by atoms with Crippen LogP contribution < -0.4 is 5.32 Å². The van der Waals surface area contributed by atoms with Gasteiger partial charge in [-0.15, -0.1) is 0 Å². The normalized spacial score (nSPS) is 12.0. The fourth-order valence-corrected chi connectivity index (χ4v) is 2.89. The SMILES string of the molecule is CC(NC(=O)c1ccc(-n2cncn2)cc1)c1ccc(Cl)cc1Cl. The molecular weight excluding hydrogens is 347 g/mol. The van der Waals surface area contributed by atoms with E-state index in [2.05, 4.69) is 15.4 Å². The summed E-state index contributed by atoms with van der Waals surface area (Å²) in [6, 6.07) is 12.1. The fourth-order valence-electron chi connectivity index (χ4n) is 2.32. The lowest BCUT2D eigenvalue weighted by molar-refractivity contribution is 0.0940. The van der Waals surface area contributed by atoms with E-state index < -0.39 is 0 Å². The molecule has 1 aromatic heterocycles. The van der Waals surface area contributed by atoms with E-state index in [-0.39, 0.29) is 11.9 Å². The van der Waals surface area contributed by atoms with Gasteiger partial charge in [-0.3, -0.25) is 4.79 Å². The van der Waals surface area contributed by atoms with Crippen LogP contribution in [0.25, 0.3) is 5.69 Å². The molecule has 2 aromatic carbocycles. The van der Waals surface area contributed by atoms with Crippen molar-refractivity contribution in [1.82, 2.24) is 20.1 Å². The van der Waals surface area contributed by atoms with Crippen molar-refractivity contribution < 1.29 is 4.79 Å². The third-order valence-electron chi connectivity index (χ3n) is 3.59. The molecule has 3 aromatic rings. The highest BCUT2D eigenvalue weighted by molar-refractivity contribution is 6.35. The summed E-state index contributed by atoms with van der Waals surface area (Å²) in [5, 5.41) is 8.06. The van der Waals surface area contributed by atoms with Crippen molar-refractivity contribution in [2.75, 3.05) is 0 Å². The first-order chi connectivity index (χ1) is 11.5. The molecule has 0 saturated heterocycles. The van der Waals surface area contributed by atoms with Crippen LogP contribution in [0.1, 0.15) is 28.9 Å². The molecule has 24 heavy (non-hydrogen) atoms. The monoisotopic (exact) mass is 360 g/mol. The molecule has 0 bridgehead atoms. The van der Waals surface area contributed by atoms with Crippen LogP contribution in [0.3, 0.4) is 0 Å². The highest BCUT2D eigenvalue weighted by Gasteiger charge is 2.14. The number of amides is 1. The van der Waals surface area contributed by atoms with Crippen LogP contribution in [-0.2, 0) is 0 Å². The van der Waals surface area contributed by atoms with Gasteiger partial charge in [0, 0.05) is 15.6 Å². The van der Waals surface area contributed by atoms with Gasteiger partial charge in [-0.1, -0.05) is 29.3 Å². The smallest absolute Gasteiger partial charge is 0.251 e. The molecule has 5 nitrogen and oxygen atoms in total. The van der Waals surface area contributed by atoms with Gasteiger partial charge in [0.05, 0.1) is 11.7 Å². The minimum Gasteiger partial charge on any atom is -0.345 e. The molecule has 0 aliphatic carbocycles. The molecule has 0 aliphatic heterocycles. The molecule has 0 radical (unpaired) electrons. The Labute approximate surface area is 149 Å². The topological polar surface area (TPSA) is 59.8 Å². The third kappa shape index (κ3) is 3.58. The molecule has 0 fully saturated rings. The molecule has 122 valence electrons. The lowest BCUT2D eigenvalue weighted by Crippen LogP contribution is -2.26. The molecular formula is C17H14Cl2N4O. The number of rotatable bonds is 4. The Morgan fingerprint density at radius 3 is 2.54 bits per heavy atom. The minimum absolute atomic E-state index is 0.182. The van der Waals surface area contributed by atoms with Crippen LogP contribution in [0.2, 0.25) is 10.0 Å². The Bertz CT molecular complexity index is 848. The average Bonchev–Trinajstić information content (AvgIpc) is 3.09. The van der Waals surface area contributed by atoms with Crippen LogP contribution in [0.5, 0.6) is 0 Å². The second-order valence-electron chi connectivity index (χ2n) is 5.25. The number of carbonyl (C=O) groups is 1. The molecule has 7 heteroatoms. The third-order valence-corrected chi connectivity index (χ3v) is 4.15. The summed E-state index contributed by atoms with van der Waals surface area (Å²) in [4.78, 5) is 16.3. The van der Waals surface area contributed by atoms with Gasteiger partial charge in [0.15, 0.2) is 0 Å². The molecule has 0 spiro atoms. The Morgan fingerprint density at radius 1 is 1.17 bits per heavy atom. The summed E-state index contributed by atoms with van der Waals surface area (Å²) in [7, 11) is 0. The van der Waals surface area contributed by atoms with E-state index in [1.165, 1.54) is 6.33 Å². The number of hydrogen-bond acceptors (Lipinski definition) is 3. The number of benzene rings is 2. The zero-order valence-corrected chi connectivity index (χ0v) is 14.3. The van der Waals surface area contributed by atoms with Gasteiger partial charge in [0.1, 0.15) is 12.7 Å². The predicted octanol–water partition coefficient (Wildman–Crippen LogP) is 4.07. The van der Waals surface area contributed by atoms with Gasteiger partial charge in [-0.2, -0.15) is 5.10 Å². The highest BCUT2D eigenvalue weighted by atomic mass is 35.5. The lowest BCUT2D eigenvalue weighted by atomic mass is 10.1. The summed E-state index contributed by atoms with van der Waals surface area (Å²) in [5.41, 5.74) is 2.20.